The van der Waals surface area contributed by atoms with Gasteiger partial charge in [0.05, 0.1) is 37.1 Å². The van der Waals surface area contributed by atoms with Crippen molar-refractivity contribution in [1.29, 1.82) is 0 Å². The van der Waals surface area contributed by atoms with E-state index in [4.69, 9.17) is 9.47 Å². The molecule has 0 spiro atoms. The van der Waals surface area contributed by atoms with E-state index < -0.39 is 6.10 Å². The summed E-state index contributed by atoms with van der Waals surface area (Å²) in [5.74, 6) is 0.481. The van der Waals surface area contributed by atoms with Gasteiger partial charge in [0, 0.05) is 37.4 Å². The number of nitrogens with one attached hydrogen (secondary N) is 1. The number of nitrogens with zero attached hydrogens (tertiary/aromatic N) is 2. The number of fused-ring (bicyclic) bond motifs is 1. The molecule has 2 aliphatic rings. The summed E-state index contributed by atoms with van der Waals surface area (Å²) in [5, 5.41) is 17.4. The van der Waals surface area contributed by atoms with Crippen LogP contribution in [0.1, 0.15) is 39.0 Å². The minimum Gasteiger partial charge on any atom is -0.492 e. The van der Waals surface area contributed by atoms with Crippen LogP contribution in [-0.4, -0.2) is 52.8 Å². The molecule has 2 atom stereocenters. The van der Waals surface area contributed by atoms with Crippen molar-refractivity contribution < 1.29 is 19.4 Å². The Morgan fingerprint density at radius 3 is 2.79 bits per heavy atom. The van der Waals surface area contributed by atoms with Crippen molar-refractivity contribution in [3.63, 3.8) is 0 Å². The van der Waals surface area contributed by atoms with E-state index in [9.17, 15) is 9.90 Å². The number of ether oxygens (including phenoxy) is 2. The average Bonchev–Trinajstić information content (AvgIpc) is 3.47. The monoisotopic (exact) mass is 447 g/mol. The predicted molar refractivity (Wildman–Crippen MR) is 125 cm³/mol. The highest BCUT2D eigenvalue weighted by atomic mass is 16.5. The Morgan fingerprint density at radius 1 is 1.24 bits per heavy atom. The zero-order valence-corrected chi connectivity index (χ0v) is 19.0. The smallest absolute Gasteiger partial charge is 0.255 e. The van der Waals surface area contributed by atoms with Gasteiger partial charge in [-0.3, -0.25) is 9.48 Å². The van der Waals surface area contributed by atoms with Crippen molar-refractivity contribution in [2.45, 2.75) is 38.3 Å². The first-order valence-corrected chi connectivity index (χ1v) is 11.4. The number of carbonyl (C=O) groups is 1. The van der Waals surface area contributed by atoms with E-state index in [2.05, 4.69) is 41.6 Å². The standard InChI is InChI=1S/C26H29N3O4/c1-16-19(11-17-3-5-18(6-4-17)20-13-27-29(2)14-20)12-22(25-21(16)7-10-33-25)26(31)28-23-8-9-32-15-24(23)30/h3-6,12-14,23-24,30H,7-11,15H2,1-2H3,(H,28,31)/t23-,24-/m0/s1. The molecule has 5 rings (SSSR count). The van der Waals surface area contributed by atoms with Crippen LogP contribution >= 0.6 is 0 Å². The van der Waals surface area contributed by atoms with E-state index in [1.54, 1.807) is 4.68 Å². The molecule has 2 N–H and O–H groups in total. The maximum absolute atomic E-state index is 13.2. The van der Waals surface area contributed by atoms with Crippen LogP contribution in [0, 0.1) is 6.92 Å². The molecule has 3 heterocycles. The highest BCUT2D eigenvalue weighted by Crippen LogP contribution is 2.35. The second-order valence-electron chi connectivity index (χ2n) is 8.90. The minimum absolute atomic E-state index is 0.202. The van der Waals surface area contributed by atoms with E-state index in [-0.39, 0.29) is 18.6 Å². The van der Waals surface area contributed by atoms with Crippen LogP contribution in [0.4, 0.5) is 0 Å². The highest BCUT2D eigenvalue weighted by molar-refractivity contribution is 5.98. The Labute approximate surface area is 193 Å². The third kappa shape index (κ3) is 4.38. The van der Waals surface area contributed by atoms with Gasteiger partial charge in [-0.15, -0.1) is 0 Å². The molecule has 0 radical (unpaired) electrons. The summed E-state index contributed by atoms with van der Waals surface area (Å²) in [7, 11) is 1.91. The molecule has 1 saturated heterocycles. The number of aryl methyl sites for hydroxylation is 1. The van der Waals surface area contributed by atoms with Crippen molar-refractivity contribution in [1.82, 2.24) is 15.1 Å². The van der Waals surface area contributed by atoms with Crippen LogP contribution in [0.3, 0.4) is 0 Å². The fraction of sp³-hybridized carbons (Fsp3) is 0.385. The highest BCUT2D eigenvalue weighted by Gasteiger charge is 2.29. The van der Waals surface area contributed by atoms with Gasteiger partial charge in [-0.05, 0) is 48.1 Å². The van der Waals surface area contributed by atoms with Gasteiger partial charge in [0.1, 0.15) is 5.75 Å². The zero-order valence-electron chi connectivity index (χ0n) is 19.0. The fourth-order valence-electron chi connectivity index (χ4n) is 4.69. The van der Waals surface area contributed by atoms with Crippen LogP contribution in [-0.2, 0) is 24.6 Å². The minimum atomic E-state index is -0.695. The number of hydrogen-bond acceptors (Lipinski definition) is 5. The molecule has 33 heavy (non-hydrogen) atoms. The molecule has 172 valence electrons. The number of carbonyl (C=O) groups excluding carboxylic acids is 1. The molecule has 2 aromatic carbocycles. The zero-order chi connectivity index (χ0) is 22.9. The Morgan fingerprint density at radius 2 is 2.06 bits per heavy atom. The Bertz CT molecular complexity index is 1170. The third-order valence-corrected chi connectivity index (χ3v) is 6.64. The number of amides is 1. The molecule has 1 aromatic heterocycles. The predicted octanol–water partition coefficient (Wildman–Crippen LogP) is 2.80. The van der Waals surface area contributed by atoms with Gasteiger partial charge in [0.25, 0.3) is 5.91 Å². The lowest BCUT2D eigenvalue weighted by atomic mass is 9.91. The normalized spacial score (nSPS) is 19.7. The number of benzene rings is 2. The molecule has 0 aliphatic carbocycles. The van der Waals surface area contributed by atoms with E-state index in [1.807, 2.05) is 25.5 Å². The summed E-state index contributed by atoms with van der Waals surface area (Å²) >= 11 is 0. The summed E-state index contributed by atoms with van der Waals surface area (Å²) in [4.78, 5) is 13.2. The van der Waals surface area contributed by atoms with Crippen LogP contribution in [0.15, 0.2) is 42.7 Å². The van der Waals surface area contributed by atoms with E-state index in [1.165, 1.54) is 11.1 Å². The molecule has 1 fully saturated rings. The van der Waals surface area contributed by atoms with Gasteiger partial charge >= 0.3 is 0 Å². The van der Waals surface area contributed by atoms with Gasteiger partial charge in [-0.1, -0.05) is 24.3 Å². The van der Waals surface area contributed by atoms with Crippen LogP contribution < -0.4 is 10.1 Å². The van der Waals surface area contributed by atoms with E-state index >= 15 is 0 Å². The van der Waals surface area contributed by atoms with Crippen molar-refractivity contribution in [3.05, 3.63) is 70.5 Å². The number of rotatable bonds is 5. The Kier molecular flexibility index (Phi) is 5.91. The molecule has 3 aromatic rings. The second kappa shape index (κ2) is 9.00. The number of aliphatic hydroxyl groups excluding tert-OH is 1. The maximum Gasteiger partial charge on any atom is 0.255 e. The summed E-state index contributed by atoms with van der Waals surface area (Å²) in [6.45, 7) is 3.47. The molecule has 2 aliphatic heterocycles. The quantitative estimate of drug-likeness (QED) is 0.628. The molecular weight excluding hydrogens is 418 g/mol. The van der Waals surface area contributed by atoms with E-state index in [0.29, 0.717) is 30.9 Å². The second-order valence-corrected chi connectivity index (χ2v) is 8.90. The van der Waals surface area contributed by atoms with Crippen LogP contribution in [0.25, 0.3) is 11.1 Å². The number of aromatic nitrogens is 2. The molecule has 7 heteroatoms. The SMILES string of the molecule is Cc1c(Cc2ccc(-c3cnn(C)c3)cc2)cc(C(=O)N[C@H]2CCOC[C@@H]2O)c2c1CCO2. The summed E-state index contributed by atoms with van der Waals surface area (Å²) in [6, 6.07) is 10.1. The first-order chi connectivity index (χ1) is 16.0. The van der Waals surface area contributed by atoms with Gasteiger partial charge in [0.15, 0.2) is 0 Å². The molecule has 0 saturated carbocycles. The largest absolute Gasteiger partial charge is 0.492 e. The summed E-state index contributed by atoms with van der Waals surface area (Å²) < 4.78 is 12.9. The lowest BCUT2D eigenvalue weighted by Gasteiger charge is -2.28. The van der Waals surface area contributed by atoms with Gasteiger partial charge < -0.3 is 19.9 Å². The summed E-state index contributed by atoms with van der Waals surface area (Å²) in [6.07, 6.45) is 5.29. The fourth-order valence-corrected chi connectivity index (χ4v) is 4.69. The van der Waals surface area contributed by atoms with Gasteiger partial charge in [-0.2, -0.15) is 5.10 Å². The Balaban J connectivity index is 1.40. The van der Waals surface area contributed by atoms with Crippen molar-refractivity contribution in [3.8, 4) is 16.9 Å². The lowest BCUT2D eigenvalue weighted by molar-refractivity contribution is -0.0261. The molecule has 0 unspecified atom stereocenters. The topological polar surface area (TPSA) is 85.6 Å². The Hall–Kier alpha value is -3.16. The van der Waals surface area contributed by atoms with Crippen molar-refractivity contribution in [2.75, 3.05) is 19.8 Å². The molecular formula is C26H29N3O4. The summed E-state index contributed by atoms with van der Waals surface area (Å²) in [5.41, 5.74) is 7.35. The first kappa shape index (κ1) is 21.7. The maximum atomic E-state index is 13.2. The number of hydrogen-bond donors (Lipinski definition) is 2. The van der Waals surface area contributed by atoms with Crippen molar-refractivity contribution in [2.24, 2.45) is 7.05 Å². The van der Waals surface area contributed by atoms with Gasteiger partial charge in [-0.25, -0.2) is 0 Å². The molecule has 0 bridgehead atoms. The molecule has 7 nitrogen and oxygen atoms in total. The number of aliphatic hydroxyl groups is 1. The lowest BCUT2D eigenvalue weighted by Crippen LogP contribution is -2.48. The van der Waals surface area contributed by atoms with Crippen LogP contribution in [0.2, 0.25) is 0 Å². The van der Waals surface area contributed by atoms with E-state index in [0.717, 1.165) is 35.1 Å². The molecule has 1 amide bonds. The third-order valence-electron chi connectivity index (χ3n) is 6.64. The van der Waals surface area contributed by atoms with Crippen LogP contribution in [0.5, 0.6) is 5.75 Å². The van der Waals surface area contributed by atoms with Crippen molar-refractivity contribution >= 4 is 5.91 Å². The van der Waals surface area contributed by atoms with Gasteiger partial charge in [0.2, 0.25) is 0 Å². The first-order valence-electron chi connectivity index (χ1n) is 11.4. The average molecular weight is 448 g/mol.